The predicted octanol–water partition coefficient (Wildman–Crippen LogP) is 0.0138. The summed E-state index contributed by atoms with van der Waals surface area (Å²) in [6.45, 7) is 1.99. The van der Waals surface area contributed by atoms with Gasteiger partial charge in [0.15, 0.2) is 0 Å². The van der Waals surface area contributed by atoms with Gasteiger partial charge in [0.1, 0.15) is 0 Å². The minimum Gasteiger partial charge on any atom is -0.211 e. The van der Waals surface area contributed by atoms with Crippen molar-refractivity contribution in [3.05, 3.63) is 0 Å². The van der Waals surface area contributed by atoms with Crippen LogP contribution in [0.25, 0.3) is 0 Å². The van der Waals surface area contributed by atoms with Crippen LogP contribution in [0.1, 0.15) is 32.6 Å². The molecule has 0 rings (SSSR count). The standard InChI is InChI=1S/C6H15N2O4S2/c1-2-3-4-5-6-13(9,10)8-14(7,11)12/h7-8H,2-6H2,1H3. The van der Waals surface area contributed by atoms with Crippen molar-refractivity contribution in [1.82, 2.24) is 9.27 Å². The first kappa shape index (κ1) is 13.8. The molecule has 0 saturated heterocycles. The van der Waals surface area contributed by atoms with Crippen molar-refractivity contribution in [3.8, 4) is 0 Å². The quantitative estimate of drug-likeness (QED) is 0.636. The zero-order valence-electron chi connectivity index (χ0n) is 7.99. The molecule has 0 amide bonds. The van der Waals surface area contributed by atoms with Gasteiger partial charge in [0.05, 0.1) is 5.75 Å². The molecule has 8 heteroatoms. The SMILES string of the molecule is CCCCCCS(=O)(=O)NS([NH])(=O)=O. The smallest absolute Gasteiger partial charge is 0.211 e. The van der Waals surface area contributed by atoms with E-state index >= 15 is 0 Å². The molecule has 0 aromatic rings. The molecule has 0 bridgehead atoms. The molecule has 85 valence electrons. The van der Waals surface area contributed by atoms with E-state index in [1.807, 2.05) is 6.92 Å². The lowest BCUT2D eigenvalue weighted by Gasteiger charge is -2.02. The average Bonchev–Trinajstić information content (AvgIpc) is 1.93. The van der Waals surface area contributed by atoms with Crippen molar-refractivity contribution >= 4 is 20.2 Å². The largest absolute Gasteiger partial charge is 0.303 e. The number of hydrogen-bond donors (Lipinski definition) is 1. The maximum Gasteiger partial charge on any atom is 0.303 e. The van der Waals surface area contributed by atoms with E-state index in [-0.39, 0.29) is 5.75 Å². The van der Waals surface area contributed by atoms with Crippen molar-refractivity contribution in [2.45, 2.75) is 32.6 Å². The average molecular weight is 243 g/mol. The highest BCUT2D eigenvalue weighted by Crippen LogP contribution is 2.01. The highest BCUT2D eigenvalue weighted by molar-refractivity contribution is 8.03. The van der Waals surface area contributed by atoms with Gasteiger partial charge in [0.25, 0.3) is 0 Å². The Bertz CT molecular complexity index is 346. The third-order valence-electron chi connectivity index (χ3n) is 1.50. The third-order valence-corrected chi connectivity index (χ3v) is 4.22. The van der Waals surface area contributed by atoms with Crippen LogP contribution < -0.4 is 9.27 Å². The van der Waals surface area contributed by atoms with Crippen molar-refractivity contribution in [2.24, 2.45) is 0 Å². The molecule has 0 aliphatic rings. The molecule has 14 heavy (non-hydrogen) atoms. The van der Waals surface area contributed by atoms with Crippen molar-refractivity contribution in [2.75, 3.05) is 5.75 Å². The van der Waals surface area contributed by atoms with Gasteiger partial charge in [-0.15, -0.1) is 5.14 Å². The summed E-state index contributed by atoms with van der Waals surface area (Å²) in [6, 6.07) is 0. The maximum absolute atomic E-state index is 11.0. The number of hydrogen-bond acceptors (Lipinski definition) is 4. The molecule has 0 aromatic carbocycles. The van der Waals surface area contributed by atoms with Crippen LogP contribution in [0, 0.1) is 0 Å². The minimum atomic E-state index is -4.41. The molecule has 0 fully saturated rings. The Balaban J connectivity index is 3.98. The topological polar surface area (TPSA) is 104 Å². The van der Waals surface area contributed by atoms with Crippen LogP contribution in [-0.2, 0) is 20.2 Å². The number of unbranched alkanes of at least 4 members (excludes halogenated alkanes) is 3. The molecule has 0 unspecified atom stereocenters. The van der Waals surface area contributed by atoms with E-state index in [1.54, 1.807) is 0 Å². The third kappa shape index (κ3) is 8.42. The first-order valence-corrected chi connectivity index (χ1v) is 7.41. The van der Waals surface area contributed by atoms with Gasteiger partial charge >= 0.3 is 10.2 Å². The lowest BCUT2D eigenvalue weighted by molar-refractivity contribution is 0.573. The van der Waals surface area contributed by atoms with Crippen LogP contribution in [0.5, 0.6) is 0 Å². The van der Waals surface area contributed by atoms with Gasteiger partial charge in [-0.05, 0) is 6.42 Å². The Hall–Kier alpha value is -0.180. The first-order valence-electron chi connectivity index (χ1n) is 4.27. The van der Waals surface area contributed by atoms with E-state index in [4.69, 9.17) is 5.14 Å². The Kier molecular flexibility index (Phi) is 5.57. The molecule has 0 atom stereocenters. The molecule has 0 aliphatic carbocycles. The van der Waals surface area contributed by atoms with Crippen LogP contribution in [-0.4, -0.2) is 22.6 Å². The zero-order chi connectivity index (χ0) is 11.2. The Morgan fingerprint density at radius 3 is 2.07 bits per heavy atom. The van der Waals surface area contributed by atoms with Crippen LogP contribution in [0.2, 0.25) is 0 Å². The lowest BCUT2D eigenvalue weighted by atomic mass is 10.2. The fourth-order valence-corrected chi connectivity index (χ4v) is 3.18. The summed E-state index contributed by atoms with van der Waals surface area (Å²) in [5, 5.41) is 6.39. The summed E-state index contributed by atoms with van der Waals surface area (Å²) in [7, 11) is -8.26. The van der Waals surface area contributed by atoms with Crippen LogP contribution in [0.3, 0.4) is 0 Å². The summed E-state index contributed by atoms with van der Waals surface area (Å²) >= 11 is 0. The van der Waals surface area contributed by atoms with Crippen LogP contribution >= 0.6 is 0 Å². The molecular formula is C6H15N2O4S2. The number of rotatable bonds is 7. The fourth-order valence-electron chi connectivity index (χ4n) is 0.928. The molecule has 2 N–H and O–H groups in total. The maximum atomic E-state index is 11.0. The normalized spacial score (nSPS) is 13.0. The lowest BCUT2D eigenvalue weighted by Crippen LogP contribution is -2.32. The summed E-state index contributed by atoms with van der Waals surface area (Å²) in [5.41, 5.74) is 0. The summed E-state index contributed by atoms with van der Waals surface area (Å²) in [5.74, 6) is -0.245. The van der Waals surface area contributed by atoms with Crippen molar-refractivity contribution < 1.29 is 16.8 Å². The Labute approximate surface area is 85.1 Å². The fraction of sp³-hybridized carbons (Fsp3) is 1.00. The highest BCUT2D eigenvalue weighted by atomic mass is 32.3. The molecule has 6 nitrogen and oxygen atoms in total. The molecule has 0 heterocycles. The van der Waals surface area contributed by atoms with E-state index in [0.29, 0.717) is 6.42 Å². The zero-order valence-corrected chi connectivity index (χ0v) is 9.62. The second kappa shape index (κ2) is 5.64. The van der Waals surface area contributed by atoms with E-state index < -0.39 is 20.2 Å². The number of sulfonamides is 1. The van der Waals surface area contributed by atoms with Gasteiger partial charge in [0, 0.05) is 0 Å². The van der Waals surface area contributed by atoms with Gasteiger partial charge in [-0.3, -0.25) is 0 Å². The first-order chi connectivity index (χ1) is 6.27. The molecule has 0 saturated carbocycles. The van der Waals surface area contributed by atoms with Crippen LogP contribution in [0.4, 0.5) is 0 Å². The van der Waals surface area contributed by atoms with Gasteiger partial charge < -0.3 is 0 Å². The van der Waals surface area contributed by atoms with Crippen molar-refractivity contribution in [3.63, 3.8) is 0 Å². The molecule has 0 aromatic heterocycles. The highest BCUT2D eigenvalue weighted by Gasteiger charge is 2.16. The van der Waals surface area contributed by atoms with Gasteiger partial charge in [-0.1, -0.05) is 30.3 Å². The Morgan fingerprint density at radius 2 is 1.64 bits per heavy atom. The molecular weight excluding hydrogens is 228 g/mol. The van der Waals surface area contributed by atoms with Crippen molar-refractivity contribution in [1.29, 1.82) is 0 Å². The van der Waals surface area contributed by atoms with E-state index in [1.165, 1.54) is 4.13 Å². The Morgan fingerprint density at radius 1 is 1.07 bits per heavy atom. The van der Waals surface area contributed by atoms with Gasteiger partial charge in [0.2, 0.25) is 10.0 Å². The second-order valence-corrected chi connectivity index (χ2v) is 6.28. The van der Waals surface area contributed by atoms with Gasteiger partial charge in [-0.2, -0.15) is 8.42 Å². The molecule has 0 aliphatic heterocycles. The molecule has 1 radical (unpaired) electrons. The summed E-state index contributed by atoms with van der Waals surface area (Å²) in [4.78, 5) is 0. The van der Waals surface area contributed by atoms with E-state index in [0.717, 1.165) is 19.3 Å². The monoisotopic (exact) mass is 243 g/mol. The number of nitrogens with one attached hydrogen (secondary N) is 2. The summed E-state index contributed by atoms with van der Waals surface area (Å²) < 4.78 is 43.9. The molecule has 0 spiro atoms. The predicted molar refractivity (Wildman–Crippen MR) is 53.1 cm³/mol. The van der Waals surface area contributed by atoms with Gasteiger partial charge in [-0.25, -0.2) is 8.42 Å². The minimum absolute atomic E-state index is 0.245. The second-order valence-electron chi connectivity index (χ2n) is 2.97. The van der Waals surface area contributed by atoms with E-state index in [9.17, 15) is 16.8 Å². The summed E-state index contributed by atoms with van der Waals surface area (Å²) in [6.07, 6.45) is 3.06. The van der Waals surface area contributed by atoms with Crippen LogP contribution in [0.15, 0.2) is 0 Å². The van der Waals surface area contributed by atoms with E-state index in [2.05, 4.69) is 0 Å².